The SMILES string of the molecule is Cc1ccc(CC(=O)C2(c3ccc4c(c3)OC(F)(F)O4)CC2)nc1-c1ccc(S(=O)O)cc1. The van der Waals surface area contributed by atoms with Crippen molar-refractivity contribution in [1.82, 2.24) is 4.98 Å². The van der Waals surface area contributed by atoms with Crippen LogP contribution in [0.5, 0.6) is 11.5 Å². The Morgan fingerprint density at radius 2 is 1.76 bits per heavy atom. The largest absolute Gasteiger partial charge is 0.586 e. The van der Waals surface area contributed by atoms with Gasteiger partial charge in [-0.25, -0.2) is 4.21 Å². The van der Waals surface area contributed by atoms with Gasteiger partial charge in [0, 0.05) is 17.7 Å². The van der Waals surface area contributed by atoms with Crippen LogP contribution in [-0.4, -0.2) is 25.8 Å². The summed E-state index contributed by atoms with van der Waals surface area (Å²) in [6, 6.07) is 14.7. The fraction of sp³-hybridized carbons (Fsp3) is 0.250. The molecule has 1 saturated carbocycles. The van der Waals surface area contributed by atoms with Gasteiger partial charge in [0.1, 0.15) is 5.78 Å². The molecule has 2 aromatic carbocycles. The zero-order valence-corrected chi connectivity index (χ0v) is 18.3. The number of alkyl halides is 2. The van der Waals surface area contributed by atoms with Crippen LogP contribution in [0.3, 0.4) is 0 Å². The minimum Gasteiger partial charge on any atom is -0.395 e. The predicted octanol–water partition coefficient (Wildman–Crippen LogP) is 4.80. The second-order valence-electron chi connectivity index (χ2n) is 8.25. The highest BCUT2D eigenvalue weighted by atomic mass is 32.2. The second kappa shape index (κ2) is 7.71. The minimum atomic E-state index is -3.70. The van der Waals surface area contributed by atoms with Gasteiger partial charge in [-0.15, -0.1) is 8.78 Å². The van der Waals surface area contributed by atoms with Crippen molar-refractivity contribution in [3.05, 3.63) is 71.4 Å². The summed E-state index contributed by atoms with van der Waals surface area (Å²) in [5, 5.41) is 0. The van der Waals surface area contributed by atoms with E-state index in [1.165, 1.54) is 12.1 Å². The van der Waals surface area contributed by atoms with Gasteiger partial charge in [0.25, 0.3) is 0 Å². The Morgan fingerprint density at radius 1 is 1.06 bits per heavy atom. The number of pyridine rings is 1. The third kappa shape index (κ3) is 4.02. The Bertz CT molecular complexity index is 1290. The van der Waals surface area contributed by atoms with Crippen molar-refractivity contribution >= 4 is 16.9 Å². The number of hydrogen-bond donors (Lipinski definition) is 1. The molecular formula is C24H19F2NO5S. The van der Waals surface area contributed by atoms with Gasteiger partial charge in [0.15, 0.2) is 22.6 Å². The van der Waals surface area contributed by atoms with Crippen LogP contribution in [0.15, 0.2) is 59.5 Å². The Labute approximate surface area is 190 Å². The molecule has 1 aliphatic carbocycles. The minimum absolute atomic E-state index is 0.0403. The van der Waals surface area contributed by atoms with E-state index in [0.29, 0.717) is 34.7 Å². The van der Waals surface area contributed by atoms with Gasteiger partial charge in [-0.3, -0.25) is 9.78 Å². The van der Waals surface area contributed by atoms with Crippen LogP contribution in [0.1, 0.15) is 29.7 Å². The lowest BCUT2D eigenvalue weighted by atomic mass is 9.88. The number of carbonyl (C=O) groups is 1. The average molecular weight is 471 g/mol. The number of carbonyl (C=O) groups excluding carboxylic acids is 1. The van der Waals surface area contributed by atoms with Gasteiger partial charge < -0.3 is 14.0 Å². The Kier molecular flexibility index (Phi) is 5.06. The van der Waals surface area contributed by atoms with Crippen LogP contribution in [-0.2, 0) is 27.7 Å². The molecule has 5 rings (SSSR count). The third-order valence-corrected chi connectivity index (χ3v) is 6.74. The molecular weight excluding hydrogens is 452 g/mol. The first kappa shape index (κ1) is 21.7. The molecule has 0 bridgehead atoms. The van der Waals surface area contributed by atoms with Crippen LogP contribution < -0.4 is 9.47 Å². The van der Waals surface area contributed by atoms with E-state index in [1.54, 1.807) is 36.4 Å². The summed E-state index contributed by atoms with van der Waals surface area (Å²) in [7, 11) is 0. The zero-order valence-electron chi connectivity index (χ0n) is 17.5. The lowest BCUT2D eigenvalue weighted by Crippen LogP contribution is -2.26. The van der Waals surface area contributed by atoms with Crippen LogP contribution in [0.25, 0.3) is 11.3 Å². The van der Waals surface area contributed by atoms with Crippen LogP contribution in [0, 0.1) is 6.92 Å². The van der Waals surface area contributed by atoms with Crippen LogP contribution >= 0.6 is 0 Å². The molecule has 0 spiro atoms. The van der Waals surface area contributed by atoms with E-state index in [2.05, 4.69) is 14.5 Å². The Morgan fingerprint density at radius 3 is 2.42 bits per heavy atom. The Hall–Kier alpha value is -3.17. The van der Waals surface area contributed by atoms with Crippen molar-refractivity contribution < 1.29 is 31.8 Å². The van der Waals surface area contributed by atoms with Crippen molar-refractivity contribution in [2.24, 2.45) is 0 Å². The Balaban J connectivity index is 1.38. The smallest absolute Gasteiger partial charge is 0.395 e. The topological polar surface area (TPSA) is 85.7 Å². The first-order valence-corrected chi connectivity index (χ1v) is 11.4. The lowest BCUT2D eigenvalue weighted by Gasteiger charge is -2.15. The van der Waals surface area contributed by atoms with Gasteiger partial charge >= 0.3 is 6.29 Å². The molecule has 9 heteroatoms. The highest BCUT2D eigenvalue weighted by Gasteiger charge is 2.52. The molecule has 1 N–H and O–H groups in total. The number of aryl methyl sites for hydroxylation is 1. The van der Waals surface area contributed by atoms with Gasteiger partial charge in [-0.2, -0.15) is 0 Å². The number of ether oxygens (including phenoxy) is 2. The third-order valence-electron chi connectivity index (χ3n) is 6.06. The summed E-state index contributed by atoms with van der Waals surface area (Å²) in [5.41, 5.74) is 2.85. The maximum absolute atomic E-state index is 13.4. The number of halogens is 2. The van der Waals surface area contributed by atoms with E-state index in [-0.39, 0.29) is 23.7 Å². The van der Waals surface area contributed by atoms with Gasteiger partial charge in [0.2, 0.25) is 0 Å². The molecule has 3 aromatic rings. The summed E-state index contributed by atoms with van der Waals surface area (Å²) < 4.78 is 56.1. The molecule has 1 aliphatic heterocycles. The molecule has 0 saturated heterocycles. The maximum atomic E-state index is 13.4. The number of benzene rings is 2. The van der Waals surface area contributed by atoms with Gasteiger partial charge in [-0.05, 0) is 61.2 Å². The zero-order chi connectivity index (χ0) is 23.4. The number of ketones is 1. The molecule has 33 heavy (non-hydrogen) atoms. The number of nitrogens with zero attached hydrogens (tertiary/aromatic N) is 1. The molecule has 2 aliphatic rings. The number of rotatable bonds is 6. The van der Waals surface area contributed by atoms with Crippen LogP contribution in [0.2, 0.25) is 0 Å². The number of hydrogen-bond acceptors (Lipinski definition) is 5. The summed E-state index contributed by atoms with van der Waals surface area (Å²) >= 11 is -2.06. The fourth-order valence-electron chi connectivity index (χ4n) is 4.12. The molecule has 2 heterocycles. The van der Waals surface area contributed by atoms with E-state index in [0.717, 1.165) is 11.1 Å². The van der Waals surface area contributed by atoms with E-state index < -0.39 is 22.8 Å². The number of fused-ring (bicyclic) bond motifs is 1. The summed E-state index contributed by atoms with van der Waals surface area (Å²) in [6.45, 7) is 1.90. The molecule has 0 amide bonds. The monoisotopic (exact) mass is 471 g/mol. The van der Waals surface area contributed by atoms with E-state index >= 15 is 0 Å². The highest BCUT2D eigenvalue weighted by molar-refractivity contribution is 7.79. The van der Waals surface area contributed by atoms with Crippen molar-refractivity contribution in [2.75, 3.05) is 0 Å². The first-order chi connectivity index (χ1) is 15.7. The standard InChI is InChI=1S/C24H19F2NO5S/c1-14-2-6-17(27-22(14)15-3-7-18(8-4-15)33(29)30)13-21(28)23(10-11-23)16-5-9-19-20(12-16)32-24(25,26)31-19/h2-9,12H,10-11,13H2,1H3,(H,29,30). The van der Waals surface area contributed by atoms with Crippen molar-refractivity contribution in [2.45, 2.75) is 42.8 Å². The van der Waals surface area contributed by atoms with Crippen molar-refractivity contribution in [1.29, 1.82) is 0 Å². The van der Waals surface area contributed by atoms with Crippen molar-refractivity contribution in [3.63, 3.8) is 0 Å². The van der Waals surface area contributed by atoms with E-state index in [4.69, 9.17) is 0 Å². The first-order valence-electron chi connectivity index (χ1n) is 10.3. The molecule has 1 unspecified atom stereocenters. The summed E-state index contributed by atoms with van der Waals surface area (Å²) in [5.74, 6) is -0.158. The average Bonchev–Trinajstić information content (AvgIpc) is 3.52. The molecule has 6 nitrogen and oxygen atoms in total. The summed E-state index contributed by atoms with van der Waals surface area (Å²) in [6.07, 6.45) is -2.36. The molecule has 170 valence electrons. The maximum Gasteiger partial charge on any atom is 0.586 e. The molecule has 1 atom stereocenters. The number of aromatic nitrogens is 1. The quantitative estimate of drug-likeness (QED) is 0.520. The second-order valence-corrected chi connectivity index (χ2v) is 9.22. The van der Waals surface area contributed by atoms with Gasteiger partial charge in [0.05, 0.1) is 16.0 Å². The lowest BCUT2D eigenvalue weighted by molar-refractivity contribution is -0.286. The fourth-order valence-corrected chi connectivity index (χ4v) is 4.49. The molecule has 1 fully saturated rings. The number of Topliss-reactive ketones (excluding diaryl/α,β-unsaturated/α-hetero) is 1. The highest BCUT2D eigenvalue weighted by Crippen LogP contribution is 2.52. The van der Waals surface area contributed by atoms with Gasteiger partial charge in [-0.1, -0.05) is 24.3 Å². The van der Waals surface area contributed by atoms with E-state index in [1.807, 2.05) is 13.0 Å². The normalized spacial score (nSPS) is 18.1. The molecule has 1 aromatic heterocycles. The van der Waals surface area contributed by atoms with Crippen LogP contribution in [0.4, 0.5) is 8.78 Å². The van der Waals surface area contributed by atoms with E-state index in [9.17, 15) is 22.3 Å². The summed E-state index contributed by atoms with van der Waals surface area (Å²) in [4.78, 5) is 18.2. The molecule has 0 radical (unpaired) electrons. The predicted molar refractivity (Wildman–Crippen MR) is 116 cm³/mol. The van der Waals surface area contributed by atoms with Crippen molar-refractivity contribution in [3.8, 4) is 22.8 Å².